The molecule has 2 heterocycles. The van der Waals surface area contributed by atoms with E-state index in [1.807, 2.05) is 6.07 Å². The van der Waals surface area contributed by atoms with Gasteiger partial charge in [-0.1, -0.05) is 41.9 Å². The van der Waals surface area contributed by atoms with Crippen LogP contribution in [0, 0.1) is 16.0 Å². The average Bonchev–Trinajstić information content (AvgIpc) is 3.31. The van der Waals surface area contributed by atoms with Crippen molar-refractivity contribution in [2.75, 3.05) is 9.96 Å². The minimum atomic E-state index is -1.11. The first-order valence-electron chi connectivity index (χ1n) is 9.85. The molecular weight excluding hydrogens is 434 g/mol. The number of halogens is 1. The number of hydroxylamine groups is 1. The molecule has 0 aromatic heterocycles. The van der Waals surface area contributed by atoms with E-state index in [1.165, 1.54) is 11.1 Å². The summed E-state index contributed by atoms with van der Waals surface area (Å²) in [5.41, 5.74) is 1.11. The molecule has 3 atom stereocenters. The molecule has 0 saturated carbocycles. The second kappa shape index (κ2) is 7.74. The Bertz CT molecular complexity index is 1220. The van der Waals surface area contributed by atoms with Crippen LogP contribution in [0.1, 0.15) is 11.6 Å². The van der Waals surface area contributed by atoms with Crippen LogP contribution in [-0.4, -0.2) is 22.8 Å². The van der Waals surface area contributed by atoms with Gasteiger partial charge in [-0.3, -0.25) is 24.5 Å². The molecule has 2 fully saturated rings. The largest absolute Gasteiger partial charge is 0.274 e. The fourth-order valence-corrected chi connectivity index (χ4v) is 4.40. The Labute approximate surface area is 187 Å². The third kappa shape index (κ3) is 3.12. The number of para-hydroxylation sites is 2. The number of hydrogen-bond donors (Lipinski definition) is 0. The summed E-state index contributed by atoms with van der Waals surface area (Å²) in [6, 6.07) is 20.6. The van der Waals surface area contributed by atoms with Crippen LogP contribution in [0.3, 0.4) is 0 Å². The smallest absolute Gasteiger partial charge is 0.273 e. The molecule has 0 aliphatic carbocycles. The molecule has 0 unspecified atom stereocenters. The molecule has 9 heteroatoms. The van der Waals surface area contributed by atoms with E-state index in [4.69, 9.17) is 16.4 Å². The number of imide groups is 1. The number of nitro benzene ring substituents is 1. The summed E-state index contributed by atoms with van der Waals surface area (Å²) < 4.78 is 0. The minimum Gasteiger partial charge on any atom is -0.273 e. The fraction of sp³-hybridized carbons (Fsp3) is 0.130. The maximum Gasteiger partial charge on any atom is 0.274 e. The van der Waals surface area contributed by atoms with Crippen LogP contribution in [0.2, 0.25) is 5.02 Å². The van der Waals surface area contributed by atoms with Gasteiger partial charge in [0.15, 0.2) is 6.10 Å². The molecule has 3 aromatic rings. The molecular formula is C23H16ClN3O5. The van der Waals surface area contributed by atoms with Crippen LogP contribution >= 0.6 is 11.6 Å². The molecule has 0 bridgehead atoms. The van der Waals surface area contributed by atoms with E-state index < -0.39 is 34.8 Å². The van der Waals surface area contributed by atoms with Crippen molar-refractivity contribution in [2.24, 2.45) is 5.92 Å². The van der Waals surface area contributed by atoms with Crippen LogP contribution in [0.4, 0.5) is 17.1 Å². The normalized spacial score (nSPS) is 22.3. The summed E-state index contributed by atoms with van der Waals surface area (Å²) in [5, 5.41) is 13.7. The van der Waals surface area contributed by atoms with E-state index >= 15 is 0 Å². The van der Waals surface area contributed by atoms with Crippen molar-refractivity contribution in [1.82, 2.24) is 0 Å². The first-order valence-corrected chi connectivity index (χ1v) is 10.2. The summed E-state index contributed by atoms with van der Waals surface area (Å²) in [6.07, 6.45) is -1.11. The van der Waals surface area contributed by atoms with Crippen LogP contribution in [0.25, 0.3) is 0 Å². The molecule has 8 nitrogen and oxygen atoms in total. The van der Waals surface area contributed by atoms with Gasteiger partial charge in [0.25, 0.3) is 11.6 Å². The third-order valence-corrected chi connectivity index (χ3v) is 5.91. The molecule has 160 valence electrons. The highest BCUT2D eigenvalue weighted by Gasteiger charge is 2.61. The lowest BCUT2D eigenvalue weighted by Gasteiger charge is -2.28. The quantitative estimate of drug-likeness (QED) is 0.335. The Morgan fingerprint density at radius 3 is 2.19 bits per heavy atom. The van der Waals surface area contributed by atoms with E-state index in [2.05, 4.69) is 0 Å². The number of anilines is 2. The van der Waals surface area contributed by atoms with Gasteiger partial charge in [0.05, 0.1) is 21.9 Å². The molecule has 2 amide bonds. The van der Waals surface area contributed by atoms with Crippen molar-refractivity contribution in [3.63, 3.8) is 0 Å². The van der Waals surface area contributed by atoms with E-state index in [0.29, 0.717) is 22.0 Å². The maximum absolute atomic E-state index is 13.5. The summed E-state index contributed by atoms with van der Waals surface area (Å²) in [6.45, 7) is 0. The van der Waals surface area contributed by atoms with E-state index in [1.54, 1.807) is 66.7 Å². The van der Waals surface area contributed by atoms with Crippen molar-refractivity contribution >= 4 is 40.5 Å². The Morgan fingerprint density at radius 1 is 0.844 bits per heavy atom. The van der Waals surface area contributed by atoms with Gasteiger partial charge in [0, 0.05) is 11.1 Å². The van der Waals surface area contributed by atoms with Gasteiger partial charge in [-0.05, 0) is 42.5 Å². The lowest BCUT2D eigenvalue weighted by molar-refractivity contribution is -0.385. The molecule has 5 rings (SSSR count). The number of rotatable bonds is 4. The zero-order chi connectivity index (χ0) is 22.4. The first kappa shape index (κ1) is 20.2. The maximum atomic E-state index is 13.5. The van der Waals surface area contributed by atoms with Crippen LogP contribution in [-0.2, 0) is 14.4 Å². The highest BCUT2D eigenvalue weighted by atomic mass is 35.5. The lowest BCUT2D eigenvalue weighted by Crippen LogP contribution is -2.37. The molecule has 2 aliphatic heterocycles. The fourth-order valence-electron chi connectivity index (χ4n) is 4.28. The Balaban J connectivity index is 1.63. The van der Waals surface area contributed by atoms with Gasteiger partial charge >= 0.3 is 0 Å². The van der Waals surface area contributed by atoms with Crippen LogP contribution in [0.15, 0.2) is 78.9 Å². The molecule has 0 radical (unpaired) electrons. The van der Waals surface area contributed by atoms with Crippen molar-refractivity contribution in [1.29, 1.82) is 0 Å². The Hall–Kier alpha value is -3.75. The molecule has 2 aliphatic rings. The number of nitro groups is 1. The number of nitrogens with zero attached hydrogens (tertiary/aromatic N) is 3. The number of fused-ring (bicyclic) bond motifs is 1. The third-order valence-electron chi connectivity index (χ3n) is 5.66. The van der Waals surface area contributed by atoms with Crippen molar-refractivity contribution in [3.8, 4) is 0 Å². The van der Waals surface area contributed by atoms with Crippen molar-refractivity contribution < 1.29 is 19.3 Å². The van der Waals surface area contributed by atoms with Crippen molar-refractivity contribution in [2.45, 2.75) is 12.1 Å². The monoisotopic (exact) mass is 449 g/mol. The van der Waals surface area contributed by atoms with Gasteiger partial charge in [0.1, 0.15) is 12.0 Å². The minimum absolute atomic E-state index is 0.145. The first-order chi connectivity index (χ1) is 15.5. The van der Waals surface area contributed by atoms with E-state index in [-0.39, 0.29) is 5.69 Å². The van der Waals surface area contributed by atoms with Crippen LogP contribution < -0.4 is 9.96 Å². The van der Waals surface area contributed by atoms with Gasteiger partial charge in [-0.2, -0.15) is 0 Å². The lowest BCUT2D eigenvalue weighted by atomic mass is 9.89. The number of amides is 2. The summed E-state index contributed by atoms with van der Waals surface area (Å²) in [4.78, 5) is 45.1. The average molecular weight is 450 g/mol. The number of carbonyl (C=O) groups excluding carboxylic acids is 2. The van der Waals surface area contributed by atoms with Gasteiger partial charge in [-0.15, -0.1) is 0 Å². The molecule has 3 aromatic carbocycles. The summed E-state index contributed by atoms with van der Waals surface area (Å²) in [5.74, 6) is -1.97. The van der Waals surface area contributed by atoms with Gasteiger partial charge < -0.3 is 0 Å². The Kier molecular flexibility index (Phi) is 4.88. The highest BCUT2D eigenvalue weighted by molar-refractivity contribution is 6.31. The second-order valence-corrected chi connectivity index (χ2v) is 7.90. The summed E-state index contributed by atoms with van der Waals surface area (Å²) >= 11 is 5.94. The molecule has 0 N–H and O–H groups in total. The molecule has 32 heavy (non-hydrogen) atoms. The van der Waals surface area contributed by atoms with E-state index in [0.717, 1.165) is 4.90 Å². The predicted molar refractivity (Wildman–Crippen MR) is 117 cm³/mol. The van der Waals surface area contributed by atoms with E-state index in [9.17, 15) is 19.7 Å². The zero-order valence-corrected chi connectivity index (χ0v) is 17.3. The van der Waals surface area contributed by atoms with Crippen molar-refractivity contribution in [3.05, 3.63) is 99.6 Å². The summed E-state index contributed by atoms with van der Waals surface area (Å²) in [7, 11) is 0. The number of benzene rings is 3. The number of hydrogen-bond acceptors (Lipinski definition) is 6. The Morgan fingerprint density at radius 2 is 1.50 bits per heavy atom. The van der Waals surface area contributed by atoms with Gasteiger partial charge in [0.2, 0.25) is 5.91 Å². The predicted octanol–water partition coefficient (Wildman–Crippen LogP) is 4.30. The van der Waals surface area contributed by atoms with Crippen LogP contribution in [0.5, 0.6) is 0 Å². The number of carbonyl (C=O) groups is 2. The molecule has 0 spiro atoms. The molecule has 2 saturated heterocycles. The SMILES string of the molecule is O=C1[C@H]2[C@H](ON(c3ccccc3)[C@H]2c2ccccc2[N+](=O)[O-])C(=O)N1c1ccc(Cl)cc1. The topological polar surface area (TPSA) is 93.0 Å². The zero-order valence-electron chi connectivity index (χ0n) is 16.5. The van der Waals surface area contributed by atoms with Gasteiger partial charge in [-0.25, -0.2) is 9.96 Å². The second-order valence-electron chi connectivity index (χ2n) is 7.46. The highest BCUT2D eigenvalue weighted by Crippen LogP contribution is 2.49. The standard InChI is InChI=1S/C23H16ClN3O5/c24-14-10-12-15(13-11-14)25-22(28)19-20(17-8-4-5-9-18(17)27(30)31)26(32-21(19)23(25)29)16-6-2-1-3-7-16/h1-13,19-21H/t19-,20+,21+/m1/s1.